The first kappa shape index (κ1) is 8.78. The van der Waals surface area contributed by atoms with Crippen LogP contribution in [0.2, 0.25) is 0 Å². The molecule has 0 radical (unpaired) electrons. The molecule has 1 aromatic rings. The Morgan fingerprint density at radius 3 is 3.00 bits per heavy atom. The Bertz CT molecular complexity index is 361. The molecule has 0 spiro atoms. The number of nitrogens with one attached hydrogen (secondary N) is 1. The Hall–Kier alpha value is -0.500. The molecule has 2 heteroatoms. The van der Waals surface area contributed by atoms with Crippen molar-refractivity contribution in [3.63, 3.8) is 0 Å². The van der Waals surface area contributed by atoms with E-state index in [2.05, 4.69) is 39.4 Å². The first-order chi connectivity index (χ1) is 6.86. The predicted octanol–water partition coefficient (Wildman–Crippen LogP) is 3.90. The maximum atomic E-state index is 3.67. The molecule has 0 aromatic heterocycles. The lowest BCUT2D eigenvalue weighted by molar-refractivity contribution is 0.421. The summed E-state index contributed by atoms with van der Waals surface area (Å²) in [7, 11) is 0. The van der Waals surface area contributed by atoms with Crippen molar-refractivity contribution in [1.29, 1.82) is 0 Å². The zero-order chi connectivity index (χ0) is 9.54. The minimum Gasteiger partial charge on any atom is -0.381 e. The molecule has 0 bridgehead atoms. The van der Waals surface area contributed by atoms with E-state index in [4.69, 9.17) is 0 Å². The molecule has 1 aromatic carbocycles. The summed E-state index contributed by atoms with van der Waals surface area (Å²) in [6.45, 7) is 0. The van der Waals surface area contributed by atoms with Gasteiger partial charge >= 0.3 is 0 Å². The van der Waals surface area contributed by atoms with Gasteiger partial charge in [0.25, 0.3) is 0 Å². The predicted molar refractivity (Wildman–Crippen MR) is 62.8 cm³/mol. The lowest BCUT2D eigenvalue weighted by atomic mass is 9.83. The molecule has 1 heterocycles. The summed E-state index contributed by atoms with van der Waals surface area (Å²) in [5.74, 6) is 0.759. The average Bonchev–Trinajstić information content (AvgIpc) is 2.57. The third-order valence-electron chi connectivity index (χ3n) is 3.53. The van der Waals surface area contributed by atoms with Crippen LogP contribution >= 0.6 is 15.9 Å². The minimum atomic E-state index is 0.706. The van der Waals surface area contributed by atoms with Gasteiger partial charge in [0.05, 0.1) is 0 Å². The van der Waals surface area contributed by atoms with Gasteiger partial charge in [0, 0.05) is 22.1 Å². The molecule has 1 nitrogen and oxygen atoms in total. The summed E-state index contributed by atoms with van der Waals surface area (Å²) in [5, 5.41) is 3.65. The molecule has 14 heavy (non-hydrogen) atoms. The molecule has 0 amide bonds. The third-order valence-corrected chi connectivity index (χ3v) is 4.22. The molecule has 2 atom stereocenters. The van der Waals surface area contributed by atoms with Crippen molar-refractivity contribution in [1.82, 2.24) is 0 Å². The number of hydrogen-bond acceptors (Lipinski definition) is 1. The SMILES string of the molecule is Brc1cccc2c1[C@@H]1CCCC[C@@H]1N2. The van der Waals surface area contributed by atoms with E-state index in [1.807, 2.05) is 0 Å². The fourth-order valence-electron chi connectivity index (χ4n) is 2.89. The van der Waals surface area contributed by atoms with E-state index >= 15 is 0 Å². The van der Waals surface area contributed by atoms with Crippen LogP contribution in [0, 0.1) is 0 Å². The number of rotatable bonds is 0. The summed E-state index contributed by atoms with van der Waals surface area (Å²) >= 11 is 3.67. The van der Waals surface area contributed by atoms with Crippen LogP contribution in [-0.4, -0.2) is 6.04 Å². The molecule has 1 aliphatic heterocycles. The molecular formula is C12H14BrN. The van der Waals surface area contributed by atoms with Crippen molar-refractivity contribution in [3.05, 3.63) is 28.2 Å². The second-order valence-corrected chi connectivity index (χ2v) is 5.20. The van der Waals surface area contributed by atoms with E-state index in [1.54, 1.807) is 0 Å². The largest absolute Gasteiger partial charge is 0.381 e. The van der Waals surface area contributed by atoms with Gasteiger partial charge in [-0.1, -0.05) is 34.8 Å². The number of fused-ring (bicyclic) bond motifs is 3. The van der Waals surface area contributed by atoms with Crippen LogP contribution < -0.4 is 5.32 Å². The van der Waals surface area contributed by atoms with Crippen LogP contribution in [0.3, 0.4) is 0 Å². The van der Waals surface area contributed by atoms with E-state index in [0.717, 1.165) is 5.92 Å². The van der Waals surface area contributed by atoms with E-state index in [-0.39, 0.29) is 0 Å². The van der Waals surface area contributed by atoms with Crippen molar-refractivity contribution in [2.24, 2.45) is 0 Å². The molecule has 1 fully saturated rings. The lowest BCUT2D eigenvalue weighted by Crippen LogP contribution is -2.23. The maximum Gasteiger partial charge on any atom is 0.0390 e. The smallest absolute Gasteiger partial charge is 0.0390 e. The highest BCUT2D eigenvalue weighted by Crippen LogP contribution is 2.46. The van der Waals surface area contributed by atoms with Crippen LogP contribution in [0.1, 0.15) is 37.2 Å². The Morgan fingerprint density at radius 1 is 1.21 bits per heavy atom. The van der Waals surface area contributed by atoms with Gasteiger partial charge in [0.1, 0.15) is 0 Å². The van der Waals surface area contributed by atoms with Crippen LogP contribution in [0.25, 0.3) is 0 Å². The second kappa shape index (κ2) is 3.27. The number of halogens is 1. The van der Waals surface area contributed by atoms with Crippen molar-refractivity contribution >= 4 is 21.6 Å². The quantitative estimate of drug-likeness (QED) is 0.738. The normalized spacial score (nSPS) is 29.2. The molecular weight excluding hydrogens is 238 g/mol. The fraction of sp³-hybridized carbons (Fsp3) is 0.500. The highest BCUT2D eigenvalue weighted by Gasteiger charge is 2.34. The lowest BCUT2D eigenvalue weighted by Gasteiger charge is -2.25. The van der Waals surface area contributed by atoms with Gasteiger partial charge in [0.15, 0.2) is 0 Å². The maximum absolute atomic E-state index is 3.67. The molecule has 74 valence electrons. The number of benzene rings is 1. The summed E-state index contributed by atoms with van der Waals surface area (Å²) in [6.07, 6.45) is 5.47. The second-order valence-electron chi connectivity index (χ2n) is 4.34. The van der Waals surface area contributed by atoms with Gasteiger partial charge in [0.2, 0.25) is 0 Å². The highest BCUT2D eigenvalue weighted by atomic mass is 79.9. The molecule has 1 aliphatic carbocycles. The van der Waals surface area contributed by atoms with Crippen molar-refractivity contribution < 1.29 is 0 Å². The van der Waals surface area contributed by atoms with E-state index in [9.17, 15) is 0 Å². The first-order valence-corrected chi connectivity index (χ1v) is 6.20. The van der Waals surface area contributed by atoms with Crippen LogP contribution in [-0.2, 0) is 0 Å². The molecule has 0 unspecified atom stereocenters. The highest BCUT2D eigenvalue weighted by molar-refractivity contribution is 9.10. The monoisotopic (exact) mass is 251 g/mol. The van der Waals surface area contributed by atoms with Gasteiger partial charge in [-0.15, -0.1) is 0 Å². The average molecular weight is 252 g/mol. The van der Waals surface area contributed by atoms with Gasteiger partial charge in [-0.2, -0.15) is 0 Å². The Balaban J connectivity index is 2.06. The first-order valence-electron chi connectivity index (χ1n) is 5.41. The van der Waals surface area contributed by atoms with E-state index in [1.165, 1.54) is 41.4 Å². The van der Waals surface area contributed by atoms with Crippen LogP contribution in [0.4, 0.5) is 5.69 Å². The standard InChI is InChI=1S/C12H14BrN/c13-9-5-3-7-11-12(9)8-4-1-2-6-10(8)14-11/h3,5,7-8,10,14H,1-2,4,6H2/t8-,10+/m1/s1. The fourth-order valence-corrected chi connectivity index (χ4v) is 3.55. The summed E-state index contributed by atoms with van der Waals surface area (Å²) < 4.78 is 1.29. The topological polar surface area (TPSA) is 12.0 Å². The Labute approximate surface area is 93.0 Å². The molecule has 2 aliphatic rings. The molecule has 3 rings (SSSR count). The van der Waals surface area contributed by atoms with Gasteiger partial charge in [-0.3, -0.25) is 0 Å². The van der Waals surface area contributed by atoms with Crippen LogP contribution in [0.15, 0.2) is 22.7 Å². The zero-order valence-corrected chi connectivity index (χ0v) is 9.68. The minimum absolute atomic E-state index is 0.706. The summed E-state index contributed by atoms with van der Waals surface area (Å²) in [4.78, 5) is 0. The van der Waals surface area contributed by atoms with Crippen molar-refractivity contribution in [2.75, 3.05) is 5.32 Å². The third kappa shape index (κ3) is 1.20. The Morgan fingerprint density at radius 2 is 2.07 bits per heavy atom. The number of hydrogen-bond donors (Lipinski definition) is 1. The molecule has 1 N–H and O–H groups in total. The van der Waals surface area contributed by atoms with Gasteiger partial charge < -0.3 is 5.32 Å². The molecule has 0 saturated heterocycles. The van der Waals surface area contributed by atoms with Gasteiger partial charge in [-0.25, -0.2) is 0 Å². The molecule has 1 saturated carbocycles. The van der Waals surface area contributed by atoms with Crippen molar-refractivity contribution in [3.8, 4) is 0 Å². The summed E-state index contributed by atoms with van der Waals surface area (Å²) in [5.41, 5.74) is 2.88. The number of anilines is 1. The van der Waals surface area contributed by atoms with E-state index < -0.39 is 0 Å². The zero-order valence-electron chi connectivity index (χ0n) is 8.09. The van der Waals surface area contributed by atoms with Gasteiger partial charge in [-0.05, 0) is 30.5 Å². The summed E-state index contributed by atoms with van der Waals surface area (Å²) in [6, 6.07) is 7.20. The van der Waals surface area contributed by atoms with Crippen molar-refractivity contribution in [2.45, 2.75) is 37.6 Å². The Kier molecular flexibility index (Phi) is 2.05. The van der Waals surface area contributed by atoms with Crippen LogP contribution in [0.5, 0.6) is 0 Å². The van der Waals surface area contributed by atoms with E-state index in [0.29, 0.717) is 6.04 Å².